The minimum Gasteiger partial charge on any atom is -0.496 e. The molecule has 1 saturated carbocycles. The molecule has 0 aliphatic heterocycles. The lowest BCUT2D eigenvalue weighted by atomic mass is 9.85. The van der Waals surface area contributed by atoms with E-state index >= 15 is 0 Å². The lowest BCUT2D eigenvalue weighted by Crippen LogP contribution is -2.44. The number of nitrogens with one attached hydrogen (secondary N) is 3. The Kier molecular flexibility index (Phi) is 6.81. The highest BCUT2D eigenvalue weighted by molar-refractivity contribution is 5.92. The van der Waals surface area contributed by atoms with Gasteiger partial charge in [-0.05, 0) is 37.5 Å². The molecule has 0 saturated heterocycles. The molecule has 9 heteroatoms. The lowest BCUT2D eigenvalue weighted by molar-refractivity contribution is -0.121. The van der Waals surface area contributed by atoms with E-state index in [2.05, 4.69) is 20.9 Å². The van der Waals surface area contributed by atoms with Gasteiger partial charge in [0.1, 0.15) is 23.2 Å². The third-order valence-corrected chi connectivity index (χ3v) is 5.17. The highest BCUT2D eigenvalue weighted by Crippen LogP contribution is 2.33. The summed E-state index contributed by atoms with van der Waals surface area (Å²) < 4.78 is 33.0. The highest BCUT2D eigenvalue weighted by Gasteiger charge is 2.28. The molecule has 0 unspecified atom stereocenters. The zero-order valence-corrected chi connectivity index (χ0v) is 16.8. The molecule has 0 spiro atoms. The molecule has 3 amide bonds. The zero-order chi connectivity index (χ0) is 21.7. The number of anilines is 1. The topological polar surface area (TPSA) is 92.4 Å². The van der Waals surface area contributed by atoms with Crippen molar-refractivity contribution in [3.05, 3.63) is 42.1 Å². The number of carbonyl (C=O) groups excluding carboxylic acids is 2. The van der Waals surface area contributed by atoms with Crippen LogP contribution in [0.2, 0.25) is 0 Å². The predicted octanol–water partition coefficient (Wildman–Crippen LogP) is 3.46. The normalized spacial score (nSPS) is 18.4. The van der Waals surface area contributed by atoms with E-state index in [0.29, 0.717) is 18.4 Å². The largest absolute Gasteiger partial charge is 0.496 e. The first-order valence-corrected chi connectivity index (χ1v) is 9.69. The molecule has 3 rings (SSSR count). The Labute approximate surface area is 173 Å². The summed E-state index contributed by atoms with van der Waals surface area (Å²) in [6.07, 6.45) is 3.82. The fourth-order valence-electron chi connectivity index (χ4n) is 3.65. The van der Waals surface area contributed by atoms with E-state index in [1.807, 2.05) is 0 Å². The van der Waals surface area contributed by atoms with Crippen LogP contribution in [0.1, 0.15) is 25.7 Å². The maximum Gasteiger partial charge on any atom is 0.314 e. The first-order valence-electron chi connectivity index (χ1n) is 9.69. The number of nitrogens with zero attached hydrogens (tertiary/aromatic N) is 1. The standard InChI is InChI=1S/C21H24F2N4O3/c1-24-21(29)26-14-5-3-4-12(8-14)20(28)27-19-10-16(17(23)11-25-19)15-7-6-13(22)9-18(15)30-2/h6-7,9-12,14H,3-5,8H2,1-2H3,(H2,24,26,29)(H,25,27,28)/t12-,14+/m0/s1. The third kappa shape index (κ3) is 5.03. The molecule has 0 bridgehead atoms. The third-order valence-electron chi connectivity index (χ3n) is 5.17. The molecule has 2 atom stereocenters. The van der Waals surface area contributed by atoms with Crippen molar-refractivity contribution in [2.24, 2.45) is 5.92 Å². The number of amides is 3. The first-order chi connectivity index (χ1) is 14.4. The fraction of sp³-hybridized carbons (Fsp3) is 0.381. The van der Waals surface area contributed by atoms with Crippen LogP contribution in [0.4, 0.5) is 19.4 Å². The molecule has 7 nitrogen and oxygen atoms in total. The van der Waals surface area contributed by atoms with Crippen LogP contribution in [0, 0.1) is 17.6 Å². The molecule has 1 aliphatic carbocycles. The summed E-state index contributed by atoms with van der Waals surface area (Å²) in [5.41, 5.74) is 0.488. The van der Waals surface area contributed by atoms with Gasteiger partial charge in [-0.2, -0.15) is 0 Å². The number of ether oxygens (including phenoxy) is 1. The average Bonchev–Trinajstić information content (AvgIpc) is 2.75. The highest BCUT2D eigenvalue weighted by atomic mass is 19.1. The summed E-state index contributed by atoms with van der Waals surface area (Å²) in [6.45, 7) is 0. The molecule has 1 aliphatic rings. The molecule has 1 aromatic carbocycles. The quantitative estimate of drug-likeness (QED) is 0.693. The number of hydrogen-bond acceptors (Lipinski definition) is 4. The molecule has 0 radical (unpaired) electrons. The van der Waals surface area contributed by atoms with Crippen LogP contribution in [0.3, 0.4) is 0 Å². The second-order valence-corrected chi connectivity index (χ2v) is 7.17. The fourth-order valence-corrected chi connectivity index (χ4v) is 3.65. The van der Waals surface area contributed by atoms with Crippen LogP contribution < -0.4 is 20.7 Å². The number of methoxy groups -OCH3 is 1. The molecule has 160 valence electrons. The van der Waals surface area contributed by atoms with Gasteiger partial charge in [-0.1, -0.05) is 6.42 Å². The van der Waals surface area contributed by atoms with Crippen molar-refractivity contribution in [1.82, 2.24) is 15.6 Å². The molecular weight excluding hydrogens is 394 g/mol. The lowest BCUT2D eigenvalue weighted by Gasteiger charge is -2.28. The molecule has 1 fully saturated rings. The minimum atomic E-state index is -0.620. The average molecular weight is 418 g/mol. The van der Waals surface area contributed by atoms with Crippen LogP contribution in [-0.4, -0.2) is 37.1 Å². The zero-order valence-electron chi connectivity index (χ0n) is 16.8. The van der Waals surface area contributed by atoms with Gasteiger partial charge in [0, 0.05) is 36.2 Å². The van der Waals surface area contributed by atoms with Crippen molar-refractivity contribution >= 4 is 17.8 Å². The Hall–Kier alpha value is -3.23. The maximum atomic E-state index is 14.4. The Morgan fingerprint density at radius 3 is 2.70 bits per heavy atom. The van der Waals surface area contributed by atoms with E-state index in [1.54, 1.807) is 0 Å². The predicted molar refractivity (Wildman–Crippen MR) is 108 cm³/mol. The summed E-state index contributed by atoms with van der Waals surface area (Å²) >= 11 is 0. The van der Waals surface area contributed by atoms with Crippen molar-refractivity contribution < 1.29 is 23.1 Å². The first kappa shape index (κ1) is 21.5. The van der Waals surface area contributed by atoms with Crippen LogP contribution in [-0.2, 0) is 4.79 Å². The number of benzene rings is 1. The Bertz CT molecular complexity index is 938. The molecule has 30 heavy (non-hydrogen) atoms. The number of carbonyl (C=O) groups is 2. The smallest absolute Gasteiger partial charge is 0.314 e. The van der Waals surface area contributed by atoms with Crippen LogP contribution in [0.25, 0.3) is 11.1 Å². The van der Waals surface area contributed by atoms with E-state index in [9.17, 15) is 18.4 Å². The molecular formula is C21H24F2N4O3. The maximum absolute atomic E-state index is 14.4. The van der Waals surface area contributed by atoms with Gasteiger partial charge < -0.3 is 20.7 Å². The van der Waals surface area contributed by atoms with Crippen LogP contribution >= 0.6 is 0 Å². The van der Waals surface area contributed by atoms with Gasteiger partial charge in [0.25, 0.3) is 0 Å². The van der Waals surface area contributed by atoms with E-state index in [4.69, 9.17) is 4.74 Å². The number of hydrogen-bond donors (Lipinski definition) is 3. The molecule has 2 aromatic rings. The van der Waals surface area contributed by atoms with Gasteiger partial charge in [0.2, 0.25) is 5.91 Å². The monoisotopic (exact) mass is 418 g/mol. The molecule has 3 N–H and O–H groups in total. The SMILES string of the molecule is CNC(=O)N[C@@H]1CCC[C@H](C(=O)Nc2cc(-c3ccc(F)cc3OC)c(F)cn2)C1. The van der Waals surface area contributed by atoms with Crippen molar-refractivity contribution in [2.45, 2.75) is 31.7 Å². The number of pyridine rings is 1. The summed E-state index contributed by atoms with van der Waals surface area (Å²) in [4.78, 5) is 28.2. The van der Waals surface area contributed by atoms with Crippen molar-refractivity contribution in [3.63, 3.8) is 0 Å². The van der Waals surface area contributed by atoms with Gasteiger partial charge in [-0.3, -0.25) is 4.79 Å². The number of urea groups is 1. The van der Waals surface area contributed by atoms with Gasteiger partial charge in [0.05, 0.1) is 13.3 Å². The van der Waals surface area contributed by atoms with E-state index in [0.717, 1.165) is 25.1 Å². The van der Waals surface area contributed by atoms with E-state index in [-0.39, 0.29) is 41.0 Å². The van der Waals surface area contributed by atoms with Gasteiger partial charge in [0.15, 0.2) is 0 Å². The summed E-state index contributed by atoms with van der Waals surface area (Å²) in [5, 5.41) is 8.06. The number of aromatic nitrogens is 1. The number of rotatable bonds is 5. The van der Waals surface area contributed by atoms with Crippen molar-refractivity contribution in [1.29, 1.82) is 0 Å². The van der Waals surface area contributed by atoms with Crippen LogP contribution in [0.15, 0.2) is 30.5 Å². The van der Waals surface area contributed by atoms with E-state index in [1.165, 1.54) is 32.4 Å². The number of halogens is 2. The van der Waals surface area contributed by atoms with Gasteiger partial charge in [-0.15, -0.1) is 0 Å². The summed E-state index contributed by atoms with van der Waals surface area (Å²) in [7, 11) is 2.91. The second-order valence-electron chi connectivity index (χ2n) is 7.17. The molecule has 1 aromatic heterocycles. The Morgan fingerprint density at radius 2 is 1.97 bits per heavy atom. The van der Waals surface area contributed by atoms with Gasteiger partial charge >= 0.3 is 6.03 Å². The molecule has 1 heterocycles. The minimum absolute atomic E-state index is 0.0883. The van der Waals surface area contributed by atoms with Crippen molar-refractivity contribution in [3.8, 4) is 16.9 Å². The Morgan fingerprint density at radius 1 is 1.17 bits per heavy atom. The Balaban J connectivity index is 1.75. The second kappa shape index (κ2) is 9.51. The van der Waals surface area contributed by atoms with Gasteiger partial charge in [-0.25, -0.2) is 18.6 Å². The summed E-state index contributed by atoms with van der Waals surface area (Å²) in [6, 6.07) is 4.81. The van der Waals surface area contributed by atoms with E-state index < -0.39 is 11.6 Å². The van der Waals surface area contributed by atoms with Crippen molar-refractivity contribution in [2.75, 3.05) is 19.5 Å². The summed E-state index contributed by atoms with van der Waals surface area (Å²) in [5.74, 6) is -1.30. The van der Waals surface area contributed by atoms with Crippen LogP contribution in [0.5, 0.6) is 5.75 Å².